The molecule has 3 rings (SSSR count). The Hall–Kier alpha value is -5.02. The van der Waals surface area contributed by atoms with E-state index in [0.29, 0.717) is 6.07 Å². The summed E-state index contributed by atoms with van der Waals surface area (Å²) in [6.07, 6.45) is -2.66. The van der Waals surface area contributed by atoms with Crippen LogP contribution in [0, 0.1) is 40.5 Å². The van der Waals surface area contributed by atoms with Crippen LogP contribution in [0.25, 0.3) is 11.1 Å². The molecule has 0 aromatic heterocycles. The molecule has 0 fully saturated rings. The highest BCUT2D eigenvalue weighted by Crippen LogP contribution is 2.48. The van der Waals surface area contributed by atoms with Crippen molar-refractivity contribution in [2.24, 2.45) is 5.16 Å². The summed E-state index contributed by atoms with van der Waals surface area (Å²) in [6.45, 7) is 0. The largest absolute Gasteiger partial charge is 0.473 e. The Morgan fingerprint density at radius 3 is 2.03 bits per heavy atom. The van der Waals surface area contributed by atoms with E-state index in [1.165, 1.54) is 12.1 Å². The number of non-ortho nitro benzene ring substituents is 1. The lowest BCUT2D eigenvalue weighted by atomic mass is 10.0. The second-order valence-corrected chi connectivity index (χ2v) is 5.88. The minimum Gasteiger partial charge on any atom is -0.473 e. The Labute approximate surface area is 168 Å². The average Bonchev–Trinajstić information content (AvgIpc) is 3.00. The molecule has 0 heterocycles. The quantitative estimate of drug-likeness (QED) is 0.320. The molecule has 0 amide bonds. The SMILES string of the molecule is O=C(O)C(ON=C1c2cccc([N+](=O)[O-])c2-c2c1cc([N+](=O)[O-])cc2[N+](=O)[O-])[N+](=O)[O-]. The highest BCUT2D eigenvalue weighted by Gasteiger charge is 2.40. The van der Waals surface area contributed by atoms with Crippen LogP contribution in [0.4, 0.5) is 17.1 Å². The molecule has 158 valence electrons. The van der Waals surface area contributed by atoms with Gasteiger partial charge in [0.05, 0.1) is 36.9 Å². The van der Waals surface area contributed by atoms with Crippen molar-refractivity contribution in [3.05, 3.63) is 81.9 Å². The molecule has 1 unspecified atom stereocenters. The van der Waals surface area contributed by atoms with Gasteiger partial charge in [-0.25, -0.2) is 4.79 Å². The number of rotatable bonds is 7. The van der Waals surface area contributed by atoms with Gasteiger partial charge in [-0.15, -0.1) is 0 Å². The van der Waals surface area contributed by atoms with Gasteiger partial charge in [0.2, 0.25) is 0 Å². The molecular weight excluding hydrogens is 426 g/mol. The maximum atomic E-state index is 11.6. The van der Waals surface area contributed by atoms with Crippen molar-refractivity contribution in [1.29, 1.82) is 0 Å². The average molecular weight is 433 g/mol. The maximum absolute atomic E-state index is 11.6. The Kier molecular flexibility index (Phi) is 4.96. The standard InChI is InChI=1S/C15H7N5O11/c21-15(22)14(20(29)30)31-16-13-7-2-1-3-9(18(25)26)11(7)12-8(13)4-6(17(23)24)5-10(12)19(27)28/h1-5,14H,(H,21,22). The summed E-state index contributed by atoms with van der Waals surface area (Å²) in [6, 6.07) is 4.83. The minimum absolute atomic E-state index is 0.166. The van der Waals surface area contributed by atoms with Crippen LogP contribution in [0.3, 0.4) is 0 Å². The van der Waals surface area contributed by atoms with Crippen molar-refractivity contribution in [3.63, 3.8) is 0 Å². The van der Waals surface area contributed by atoms with Gasteiger partial charge >= 0.3 is 12.2 Å². The second kappa shape index (κ2) is 7.43. The molecule has 16 nitrogen and oxygen atoms in total. The van der Waals surface area contributed by atoms with E-state index in [1.807, 2.05) is 0 Å². The Balaban J connectivity index is 2.38. The number of carboxylic acid groups (broad SMARTS) is 1. The molecule has 16 heteroatoms. The van der Waals surface area contributed by atoms with E-state index < -0.39 is 60.2 Å². The van der Waals surface area contributed by atoms with Gasteiger partial charge in [-0.3, -0.25) is 40.5 Å². The van der Waals surface area contributed by atoms with E-state index in [4.69, 9.17) is 5.11 Å². The number of nitrogens with zero attached hydrogens (tertiary/aromatic N) is 5. The molecule has 1 aliphatic rings. The van der Waals surface area contributed by atoms with Crippen LogP contribution in [0.5, 0.6) is 0 Å². The van der Waals surface area contributed by atoms with E-state index in [1.54, 1.807) is 0 Å². The number of nitro groups is 4. The van der Waals surface area contributed by atoms with Crippen LogP contribution in [0.15, 0.2) is 35.5 Å². The van der Waals surface area contributed by atoms with Crippen LogP contribution in [0.2, 0.25) is 0 Å². The van der Waals surface area contributed by atoms with Crippen molar-refractivity contribution in [1.82, 2.24) is 0 Å². The van der Waals surface area contributed by atoms with Crippen LogP contribution in [-0.4, -0.2) is 42.7 Å². The molecule has 31 heavy (non-hydrogen) atoms. The summed E-state index contributed by atoms with van der Waals surface area (Å²) in [4.78, 5) is 56.3. The monoisotopic (exact) mass is 433 g/mol. The number of nitro benzene ring substituents is 3. The van der Waals surface area contributed by atoms with Gasteiger partial charge < -0.3 is 9.94 Å². The first kappa shape index (κ1) is 20.7. The number of oxime groups is 1. The van der Waals surface area contributed by atoms with Gasteiger partial charge in [0.25, 0.3) is 17.1 Å². The lowest BCUT2D eigenvalue weighted by Crippen LogP contribution is -2.30. The van der Waals surface area contributed by atoms with Crippen molar-refractivity contribution < 1.29 is 34.4 Å². The molecule has 1 atom stereocenters. The summed E-state index contributed by atoms with van der Waals surface area (Å²) in [5.74, 6) is -2.02. The number of hydrogen-bond donors (Lipinski definition) is 1. The number of fused-ring (bicyclic) bond motifs is 3. The summed E-state index contributed by atoms with van der Waals surface area (Å²) in [5, 5.41) is 57.3. The van der Waals surface area contributed by atoms with E-state index in [-0.39, 0.29) is 16.7 Å². The molecule has 0 saturated heterocycles. The first-order valence-corrected chi connectivity index (χ1v) is 7.90. The molecular formula is C15H7N5O11. The third-order valence-corrected chi connectivity index (χ3v) is 4.16. The molecule has 0 bridgehead atoms. The number of aliphatic carboxylic acids is 1. The third-order valence-electron chi connectivity index (χ3n) is 4.16. The Morgan fingerprint density at radius 1 is 0.903 bits per heavy atom. The van der Waals surface area contributed by atoms with Gasteiger partial charge in [-0.05, 0) is 0 Å². The highest BCUT2D eigenvalue weighted by atomic mass is 16.7. The van der Waals surface area contributed by atoms with Gasteiger partial charge in [-0.2, -0.15) is 0 Å². The van der Waals surface area contributed by atoms with Crippen LogP contribution < -0.4 is 0 Å². The molecule has 0 saturated carbocycles. The predicted octanol–water partition coefficient (Wildman–Crippen LogP) is 1.85. The summed E-state index contributed by atoms with van der Waals surface area (Å²) < 4.78 is 0. The van der Waals surface area contributed by atoms with Gasteiger partial charge in [0.1, 0.15) is 5.71 Å². The normalized spacial score (nSPS) is 13.7. The lowest BCUT2D eigenvalue weighted by molar-refractivity contribution is -0.561. The topological polar surface area (TPSA) is 231 Å². The summed E-state index contributed by atoms with van der Waals surface area (Å²) in [5.41, 5.74) is -3.95. The Bertz CT molecular complexity index is 1210. The molecule has 0 radical (unpaired) electrons. The zero-order chi connectivity index (χ0) is 23.0. The Morgan fingerprint density at radius 2 is 1.52 bits per heavy atom. The van der Waals surface area contributed by atoms with Crippen molar-refractivity contribution in [3.8, 4) is 11.1 Å². The fourth-order valence-corrected chi connectivity index (χ4v) is 2.98. The van der Waals surface area contributed by atoms with Crippen molar-refractivity contribution >= 4 is 28.7 Å². The molecule has 0 spiro atoms. The molecule has 1 N–H and O–H groups in total. The smallest absolute Gasteiger partial charge is 0.470 e. The second-order valence-electron chi connectivity index (χ2n) is 5.88. The lowest BCUT2D eigenvalue weighted by Gasteiger charge is -2.05. The number of benzene rings is 2. The van der Waals surface area contributed by atoms with Gasteiger partial charge in [-0.1, -0.05) is 17.3 Å². The van der Waals surface area contributed by atoms with Crippen LogP contribution >= 0.6 is 0 Å². The van der Waals surface area contributed by atoms with E-state index >= 15 is 0 Å². The van der Waals surface area contributed by atoms with Gasteiger partial charge in [0, 0.05) is 23.3 Å². The number of carbonyl (C=O) groups is 1. The maximum Gasteiger partial charge on any atom is 0.470 e. The molecule has 0 aliphatic heterocycles. The number of hydrogen-bond acceptors (Lipinski definition) is 11. The third kappa shape index (κ3) is 3.43. The van der Waals surface area contributed by atoms with E-state index in [9.17, 15) is 45.3 Å². The zero-order valence-electron chi connectivity index (χ0n) is 14.7. The zero-order valence-corrected chi connectivity index (χ0v) is 14.7. The fourth-order valence-electron chi connectivity index (χ4n) is 2.98. The summed E-state index contributed by atoms with van der Waals surface area (Å²) in [7, 11) is 0. The minimum atomic E-state index is -2.66. The summed E-state index contributed by atoms with van der Waals surface area (Å²) >= 11 is 0. The van der Waals surface area contributed by atoms with Crippen molar-refractivity contribution in [2.45, 2.75) is 6.23 Å². The first-order chi connectivity index (χ1) is 14.5. The van der Waals surface area contributed by atoms with Crippen LogP contribution in [0.1, 0.15) is 11.1 Å². The van der Waals surface area contributed by atoms with E-state index in [2.05, 4.69) is 9.99 Å². The molecule has 2 aromatic carbocycles. The highest BCUT2D eigenvalue weighted by molar-refractivity contribution is 6.27. The van der Waals surface area contributed by atoms with Crippen LogP contribution in [-0.2, 0) is 9.63 Å². The van der Waals surface area contributed by atoms with Crippen molar-refractivity contribution in [2.75, 3.05) is 0 Å². The molecule has 2 aromatic rings. The predicted molar refractivity (Wildman–Crippen MR) is 97.0 cm³/mol. The van der Waals surface area contributed by atoms with Gasteiger partial charge in [0.15, 0.2) is 0 Å². The fraction of sp³-hybridized carbons (Fsp3) is 0.0667. The molecule has 1 aliphatic carbocycles. The first-order valence-electron chi connectivity index (χ1n) is 7.90. The number of carboxylic acids is 1. The van der Waals surface area contributed by atoms with E-state index in [0.717, 1.165) is 12.1 Å².